The third-order valence-electron chi connectivity index (χ3n) is 3.02. The van der Waals surface area contributed by atoms with Gasteiger partial charge in [-0.25, -0.2) is 9.59 Å². The standard InChI is InChI=1S/C15H22N2O4/c1-11(8-9-21-2)16-15(20)17-13(14(18)19)10-12-6-4-3-5-7-12/h3-7,11,13H,8-10H2,1-2H3,(H,18,19)(H2,16,17,20)/t11?,13-/m0/s1. The van der Waals surface area contributed by atoms with Crippen molar-refractivity contribution in [1.29, 1.82) is 0 Å². The summed E-state index contributed by atoms with van der Waals surface area (Å²) in [7, 11) is 1.59. The molecule has 0 saturated carbocycles. The fourth-order valence-electron chi connectivity index (χ4n) is 1.84. The second kappa shape index (κ2) is 8.97. The first-order valence-corrected chi connectivity index (χ1v) is 6.85. The molecular weight excluding hydrogens is 272 g/mol. The van der Waals surface area contributed by atoms with Crippen LogP contribution in [0, 0.1) is 0 Å². The number of ether oxygens (including phenoxy) is 1. The fourth-order valence-corrected chi connectivity index (χ4v) is 1.84. The molecule has 116 valence electrons. The van der Waals surface area contributed by atoms with E-state index in [1.165, 1.54) is 0 Å². The maximum atomic E-state index is 11.8. The van der Waals surface area contributed by atoms with E-state index in [1.54, 1.807) is 7.11 Å². The van der Waals surface area contributed by atoms with Crippen LogP contribution in [0.15, 0.2) is 30.3 Å². The molecule has 1 rings (SSSR count). The van der Waals surface area contributed by atoms with Gasteiger partial charge in [-0.05, 0) is 18.9 Å². The Kier molecular flexibility index (Phi) is 7.25. The van der Waals surface area contributed by atoms with E-state index in [9.17, 15) is 14.7 Å². The molecule has 6 nitrogen and oxygen atoms in total. The number of carboxylic acid groups (broad SMARTS) is 1. The zero-order valence-electron chi connectivity index (χ0n) is 12.3. The van der Waals surface area contributed by atoms with Gasteiger partial charge < -0.3 is 20.5 Å². The lowest BCUT2D eigenvalue weighted by Crippen LogP contribution is -2.49. The Morgan fingerprint density at radius 2 is 1.90 bits per heavy atom. The Balaban J connectivity index is 2.50. The summed E-state index contributed by atoms with van der Waals surface area (Å²) in [6, 6.07) is 7.66. The van der Waals surface area contributed by atoms with Gasteiger partial charge in [0.15, 0.2) is 0 Å². The molecule has 3 N–H and O–H groups in total. The van der Waals surface area contributed by atoms with Crippen molar-refractivity contribution >= 4 is 12.0 Å². The third kappa shape index (κ3) is 6.76. The molecular formula is C15H22N2O4. The fraction of sp³-hybridized carbons (Fsp3) is 0.467. The van der Waals surface area contributed by atoms with Crippen LogP contribution in [0.5, 0.6) is 0 Å². The summed E-state index contributed by atoms with van der Waals surface area (Å²) in [6.45, 7) is 2.37. The highest BCUT2D eigenvalue weighted by Gasteiger charge is 2.20. The van der Waals surface area contributed by atoms with Gasteiger partial charge in [0, 0.05) is 26.2 Å². The normalized spacial score (nSPS) is 13.2. The smallest absolute Gasteiger partial charge is 0.326 e. The van der Waals surface area contributed by atoms with Crippen LogP contribution in [-0.2, 0) is 16.0 Å². The number of aliphatic carboxylic acids is 1. The molecule has 0 aliphatic carbocycles. The van der Waals surface area contributed by atoms with Crippen LogP contribution in [0.1, 0.15) is 18.9 Å². The first-order valence-electron chi connectivity index (χ1n) is 6.85. The van der Waals surface area contributed by atoms with Gasteiger partial charge in [-0.2, -0.15) is 0 Å². The van der Waals surface area contributed by atoms with E-state index in [2.05, 4.69) is 10.6 Å². The van der Waals surface area contributed by atoms with Crippen molar-refractivity contribution in [3.05, 3.63) is 35.9 Å². The lowest BCUT2D eigenvalue weighted by atomic mass is 10.1. The molecule has 0 saturated heterocycles. The monoisotopic (exact) mass is 294 g/mol. The van der Waals surface area contributed by atoms with Crippen molar-refractivity contribution in [2.45, 2.75) is 31.8 Å². The average molecular weight is 294 g/mol. The molecule has 6 heteroatoms. The number of hydrogen-bond donors (Lipinski definition) is 3. The molecule has 1 unspecified atom stereocenters. The first kappa shape index (κ1) is 17.0. The molecule has 21 heavy (non-hydrogen) atoms. The van der Waals surface area contributed by atoms with Crippen LogP contribution in [0.25, 0.3) is 0 Å². The van der Waals surface area contributed by atoms with Gasteiger partial charge >= 0.3 is 12.0 Å². The Bertz CT molecular complexity index is 450. The Hall–Kier alpha value is -2.08. The number of hydrogen-bond acceptors (Lipinski definition) is 3. The van der Waals surface area contributed by atoms with Gasteiger partial charge in [0.25, 0.3) is 0 Å². The number of nitrogens with one attached hydrogen (secondary N) is 2. The summed E-state index contributed by atoms with van der Waals surface area (Å²) in [6.07, 6.45) is 0.913. The minimum absolute atomic E-state index is 0.0869. The summed E-state index contributed by atoms with van der Waals surface area (Å²) in [5.41, 5.74) is 0.859. The molecule has 0 aliphatic rings. The van der Waals surface area contributed by atoms with E-state index in [1.807, 2.05) is 37.3 Å². The molecule has 2 amide bonds. The van der Waals surface area contributed by atoms with E-state index in [0.717, 1.165) is 5.56 Å². The van der Waals surface area contributed by atoms with Crippen molar-refractivity contribution < 1.29 is 19.4 Å². The zero-order chi connectivity index (χ0) is 15.7. The summed E-state index contributed by atoms with van der Waals surface area (Å²) in [5.74, 6) is -1.06. The quantitative estimate of drug-likeness (QED) is 0.676. The number of amides is 2. The SMILES string of the molecule is COCCC(C)NC(=O)N[C@@H](Cc1ccccc1)C(=O)O. The summed E-state index contributed by atoms with van der Waals surface area (Å²) in [5, 5.41) is 14.4. The maximum absolute atomic E-state index is 11.8. The lowest BCUT2D eigenvalue weighted by molar-refractivity contribution is -0.139. The van der Waals surface area contributed by atoms with E-state index in [4.69, 9.17) is 4.74 Å². The topological polar surface area (TPSA) is 87.7 Å². The molecule has 0 spiro atoms. The molecule has 0 aromatic heterocycles. The number of urea groups is 1. The highest BCUT2D eigenvalue weighted by atomic mass is 16.5. The number of carboxylic acids is 1. The Morgan fingerprint density at radius 3 is 2.48 bits per heavy atom. The minimum atomic E-state index is -1.06. The van der Waals surface area contributed by atoms with Crippen molar-refractivity contribution in [3.63, 3.8) is 0 Å². The van der Waals surface area contributed by atoms with Gasteiger partial charge in [-0.3, -0.25) is 0 Å². The number of carbonyl (C=O) groups excluding carboxylic acids is 1. The van der Waals surface area contributed by atoms with Crippen molar-refractivity contribution in [2.75, 3.05) is 13.7 Å². The zero-order valence-corrected chi connectivity index (χ0v) is 12.3. The van der Waals surface area contributed by atoms with Crippen LogP contribution in [0.3, 0.4) is 0 Å². The van der Waals surface area contributed by atoms with Crippen LogP contribution in [0.2, 0.25) is 0 Å². The molecule has 2 atom stereocenters. The van der Waals surface area contributed by atoms with Crippen LogP contribution >= 0.6 is 0 Å². The van der Waals surface area contributed by atoms with Crippen molar-refractivity contribution in [3.8, 4) is 0 Å². The molecule has 0 heterocycles. The molecule has 0 bridgehead atoms. The predicted molar refractivity (Wildman–Crippen MR) is 79.2 cm³/mol. The Morgan fingerprint density at radius 1 is 1.24 bits per heavy atom. The highest BCUT2D eigenvalue weighted by molar-refractivity contribution is 5.82. The van der Waals surface area contributed by atoms with Gasteiger partial charge in [-0.15, -0.1) is 0 Å². The van der Waals surface area contributed by atoms with E-state index >= 15 is 0 Å². The molecule has 0 aliphatic heterocycles. The number of benzene rings is 1. The number of carbonyl (C=O) groups is 2. The maximum Gasteiger partial charge on any atom is 0.326 e. The van der Waals surface area contributed by atoms with Crippen molar-refractivity contribution in [2.24, 2.45) is 0 Å². The Labute approximate surface area is 124 Å². The van der Waals surface area contributed by atoms with Crippen LogP contribution in [0.4, 0.5) is 4.79 Å². The number of rotatable bonds is 8. The van der Waals surface area contributed by atoms with Crippen LogP contribution in [-0.4, -0.2) is 42.9 Å². The first-order chi connectivity index (χ1) is 10.0. The van der Waals surface area contributed by atoms with E-state index in [-0.39, 0.29) is 12.5 Å². The van der Waals surface area contributed by atoms with Crippen LogP contribution < -0.4 is 10.6 Å². The average Bonchev–Trinajstić information content (AvgIpc) is 2.45. The summed E-state index contributed by atoms with van der Waals surface area (Å²) < 4.78 is 4.93. The molecule has 1 aromatic carbocycles. The molecule has 1 aromatic rings. The van der Waals surface area contributed by atoms with Gasteiger partial charge in [0.05, 0.1) is 0 Å². The summed E-state index contributed by atoms with van der Waals surface area (Å²) >= 11 is 0. The highest BCUT2D eigenvalue weighted by Crippen LogP contribution is 2.03. The second-order valence-corrected chi connectivity index (χ2v) is 4.88. The van der Waals surface area contributed by atoms with Gasteiger partial charge in [0.1, 0.15) is 6.04 Å². The van der Waals surface area contributed by atoms with Gasteiger partial charge in [-0.1, -0.05) is 30.3 Å². The predicted octanol–water partition coefficient (Wildman–Crippen LogP) is 1.41. The third-order valence-corrected chi connectivity index (χ3v) is 3.02. The number of methoxy groups -OCH3 is 1. The van der Waals surface area contributed by atoms with E-state index in [0.29, 0.717) is 13.0 Å². The largest absolute Gasteiger partial charge is 0.480 e. The lowest BCUT2D eigenvalue weighted by Gasteiger charge is -2.18. The molecule has 0 radical (unpaired) electrons. The molecule has 0 fully saturated rings. The van der Waals surface area contributed by atoms with Crippen molar-refractivity contribution in [1.82, 2.24) is 10.6 Å². The minimum Gasteiger partial charge on any atom is -0.480 e. The van der Waals surface area contributed by atoms with Gasteiger partial charge in [0.2, 0.25) is 0 Å². The van der Waals surface area contributed by atoms with E-state index < -0.39 is 18.0 Å². The second-order valence-electron chi connectivity index (χ2n) is 4.88. The summed E-state index contributed by atoms with van der Waals surface area (Å²) in [4.78, 5) is 23.0.